The highest BCUT2D eigenvalue weighted by Crippen LogP contribution is 2.30. The van der Waals surface area contributed by atoms with E-state index >= 15 is 0 Å². The molecule has 2 aromatic rings. The first-order valence-corrected chi connectivity index (χ1v) is 6.10. The molecule has 1 aromatic carbocycles. The molecular weight excluding hydrogens is 208 g/mol. The largest absolute Gasteiger partial charge is 0.324 e. The van der Waals surface area contributed by atoms with Crippen LogP contribution in [0.3, 0.4) is 0 Å². The van der Waals surface area contributed by atoms with E-state index in [1.807, 2.05) is 18.3 Å². The molecule has 0 saturated carbocycles. The van der Waals surface area contributed by atoms with Crippen molar-refractivity contribution in [3.8, 4) is 0 Å². The summed E-state index contributed by atoms with van der Waals surface area (Å²) in [5, 5.41) is 0. The molecule has 0 amide bonds. The van der Waals surface area contributed by atoms with Crippen LogP contribution in [0.25, 0.3) is 0 Å². The lowest BCUT2D eigenvalue weighted by Crippen LogP contribution is -2.05. The minimum atomic E-state index is 0.244. The van der Waals surface area contributed by atoms with E-state index in [1.165, 1.54) is 16.7 Å². The van der Waals surface area contributed by atoms with E-state index in [-0.39, 0.29) is 6.04 Å². The lowest BCUT2D eigenvalue weighted by molar-refractivity contribution is 0.713. The third kappa shape index (κ3) is 2.08. The Bertz CT molecular complexity index is 520. The van der Waals surface area contributed by atoms with Crippen molar-refractivity contribution in [2.75, 3.05) is 0 Å². The zero-order valence-electron chi connectivity index (χ0n) is 9.76. The first-order valence-electron chi connectivity index (χ1n) is 6.10. The molecule has 0 radical (unpaired) electrons. The predicted octanol–water partition coefficient (Wildman–Crippen LogP) is 2.62. The summed E-state index contributed by atoms with van der Waals surface area (Å²) >= 11 is 0. The number of hydrogen-bond acceptors (Lipinski definition) is 2. The van der Waals surface area contributed by atoms with Crippen LogP contribution in [0.4, 0.5) is 0 Å². The summed E-state index contributed by atoms with van der Waals surface area (Å²) in [5.74, 6) is 0. The summed E-state index contributed by atoms with van der Waals surface area (Å²) in [7, 11) is 0. The summed E-state index contributed by atoms with van der Waals surface area (Å²) in [6, 6.07) is 12.9. The standard InChI is InChI=1S/C15H16N2/c16-15-7-5-12-9-11(4-6-14(12)15)10-13-3-1-2-8-17-13/h1-4,6,8-9,15H,5,7,10,16H2. The molecule has 86 valence electrons. The van der Waals surface area contributed by atoms with Crippen LogP contribution >= 0.6 is 0 Å². The Morgan fingerprint density at radius 3 is 3.00 bits per heavy atom. The highest BCUT2D eigenvalue weighted by molar-refractivity contribution is 5.38. The van der Waals surface area contributed by atoms with Crippen LogP contribution in [0.5, 0.6) is 0 Å². The van der Waals surface area contributed by atoms with Crippen molar-refractivity contribution in [3.05, 3.63) is 65.0 Å². The van der Waals surface area contributed by atoms with Crippen LogP contribution < -0.4 is 5.73 Å². The van der Waals surface area contributed by atoms with Gasteiger partial charge >= 0.3 is 0 Å². The molecule has 1 aliphatic carbocycles. The molecule has 0 saturated heterocycles. The molecule has 2 heteroatoms. The van der Waals surface area contributed by atoms with Crippen LogP contribution in [0.2, 0.25) is 0 Å². The number of aromatic nitrogens is 1. The second-order valence-corrected chi connectivity index (χ2v) is 4.68. The SMILES string of the molecule is NC1CCc2cc(Cc3ccccn3)ccc21. The third-order valence-electron chi connectivity index (χ3n) is 3.44. The van der Waals surface area contributed by atoms with Gasteiger partial charge < -0.3 is 5.73 Å². The van der Waals surface area contributed by atoms with Gasteiger partial charge in [0.1, 0.15) is 0 Å². The van der Waals surface area contributed by atoms with Crippen molar-refractivity contribution in [2.45, 2.75) is 25.3 Å². The Morgan fingerprint density at radius 1 is 1.24 bits per heavy atom. The van der Waals surface area contributed by atoms with Crippen molar-refractivity contribution in [3.63, 3.8) is 0 Å². The zero-order valence-corrected chi connectivity index (χ0v) is 9.76. The predicted molar refractivity (Wildman–Crippen MR) is 68.7 cm³/mol. The Hall–Kier alpha value is -1.67. The van der Waals surface area contributed by atoms with E-state index in [0.717, 1.165) is 25.0 Å². The number of nitrogens with two attached hydrogens (primary N) is 1. The average Bonchev–Trinajstić information content (AvgIpc) is 2.72. The van der Waals surface area contributed by atoms with Gasteiger partial charge in [-0.25, -0.2) is 0 Å². The fourth-order valence-corrected chi connectivity index (χ4v) is 2.53. The molecule has 17 heavy (non-hydrogen) atoms. The number of fused-ring (bicyclic) bond motifs is 1. The molecule has 0 bridgehead atoms. The maximum absolute atomic E-state index is 6.04. The number of pyridine rings is 1. The molecule has 2 N–H and O–H groups in total. The Labute approximate surface area is 102 Å². The minimum absolute atomic E-state index is 0.244. The molecule has 1 aromatic heterocycles. The van der Waals surface area contributed by atoms with Crippen LogP contribution in [-0.4, -0.2) is 4.98 Å². The van der Waals surface area contributed by atoms with Gasteiger partial charge in [0.25, 0.3) is 0 Å². The van der Waals surface area contributed by atoms with Gasteiger partial charge in [0.15, 0.2) is 0 Å². The molecule has 1 atom stereocenters. The molecule has 1 unspecified atom stereocenters. The van der Waals surface area contributed by atoms with Crippen LogP contribution in [0.15, 0.2) is 42.6 Å². The molecule has 3 rings (SSSR count). The van der Waals surface area contributed by atoms with Crippen molar-refractivity contribution in [2.24, 2.45) is 5.73 Å². The van der Waals surface area contributed by atoms with Gasteiger partial charge in [-0.3, -0.25) is 4.98 Å². The van der Waals surface area contributed by atoms with E-state index in [9.17, 15) is 0 Å². The van der Waals surface area contributed by atoms with Crippen molar-refractivity contribution in [1.29, 1.82) is 0 Å². The zero-order chi connectivity index (χ0) is 11.7. The quantitative estimate of drug-likeness (QED) is 0.851. The average molecular weight is 224 g/mol. The van der Waals surface area contributed by atoms with Crippen molar-refractivity contribution in [1.82, 2.24) is 4.98 Å². The normalized spacial score (nSPS) is 18.1. The highest BCUT2D eigenvalue weighted by Gasteiger charge is 2.18. The number of nitrogens with zero attached hydrogens (tertiary/aromatic N) is 1. The minimum Gasteiger partial charge on any atom is -0.324 e. The van der Waals surface area contributed by atoms with Crippen LogP contribution in [0.1, 0.15) is 34.8 Å². The van der Waals surface area contributed by atoms with Crippen LogP contribution in [0, 0.1) is 0 Å². The topological polar surface area (TPSA) is 38.9 Å². The first kappa shape index (κ1) is 10.5. The number of benzene rings is 1. The van der Waals surface area contributed by atoms with Gasteiger partial charge in [-0.15, -0.1) is 0 Å². The van der Waals surface area contributed by atoms with Gasteiger partial charge in [-0.05, 0) is 41.7 Å². The smallest absolute Gasteiger partial charge is 0.0447 e. The maximum atomic E-state index is 6.04. The van der Waals surface area contributed by atoms with Crippen LogP contribution in [-0.2, 0) is 12.8 Å². The molecule has 1 heterocycles. The molecule has 2 nitrogen and oxygen atoms in total. The molecule has 0 aliphatic heterocycles. The maximum Gasteiger partial charge on any atom is 0.0447 e. The molecule has 0 fully saturated rings. The summed E-state index contributed by atoms with van der Waals surface area (Å²) in [6.07, 6.45) is 4.96. The van der Waals surface area contributed by atoms with Gasteiger partial charge in [0.05, 0.1) is 0 Å². The molecule has 0 spiro atoms. The van der Waals surface area contributed by atoms with E-state index in [4.69, 9.17) is 5.73 Å². The van der Waals surface area contributed by atoms with E-state index in [0.29, 0.717) is 0 Å². The van der Waals surface area contributed by atoms with Gasteiger partial charge in [0, 0.05) is 24.4 Å². The highest BCUT2D eigenvalue weighted by atomic mass is 14.7. The van der Waals surface area contributed by atoms with Gasteiger partial charge in [-0.1, -0.05) is 24.3 Å². The fraction of sp³-hybridized carbons (Fsp3) is 0.267. The van der Waals surface area contributed by atoms with Crippen molar-refractivity contribution >= 4 is 0 Å². The number of hydrogen-bond donors (Lipinski definition) is 1. The van der Waals surface area contributed by atoms with Gasteiger partial charge in [0.2, 0.25) is 0 Å². The fourth-order valence-electron chi connectivity index (χ4n) is 2.53. The second kappa shape index (κ2) is 4.30. The number of rotatable bonds is 2. The summed E-state index contributed by atoms with van der Waals surface area (Å²) in [5.41, 5.74) is 11.2. The first-order chi connectivity index (χ1) is 8.33. The van der Waals surface area contributed by atoms with E-state index in [2.05, 4.69) is 29.2 Å². The summed E-state index contributed by atoms with van der Waals surface area (Å²) in [6.45, 7) is 0. The lowest BCUT2D eigenvalue weighted by atomic mass is 10.0. The Kier molecular flexibility index (Phi) is 2.65. The third-order valence-corrected chi connectivity index (χ3v) is 3.44. The summed E-state index contributed by atoms with van der Waals surface area (Å²) in [4.78, 5) is 4.36. The Balaban J connectivity index is 1.86. The Morgan fingerprint density at radius 2 is 2.18 bits per heavy atom. The van der Waals surface area contributed by atoms with Crippen molar-refractivity contribution < 1.29 is 0 Å². The monoisotopic (exact) mass is 224 g/mol. The van der Waals surface area contributed by atoms with E-state index < -0.39 is 0 Å². The molecule has 1 aliphatic rings. The number of aryl methyl sites for hydroxylation is 1. The van der Waals surface area contributed by atoms with E-state index in [1.54, 1.807) is 0 Å². The second-order valence-electron chi connectivity index (χ2n) is 4.68. The summed E-state index contributed by atoms with van der Waals surface area (Å²) < 4.78 is 0. The van der Waals surface area contributed by atoms with Gasteiger partial charge in [-0.2, -0.15) is 0 Å². The lowest BCUT2D eigenvalue weighted by Gasteiger charge is -2.07. The molecular formula is C15H16N2.